The zero-order valence-electron chi connectivity index (χ0n) is 15.5. The van der Waals surface area contributed by atoms with Crippen LogP contribution in [0.15, 0.2) is 51.7 Å². The van der Waals surface area contributed by atoms with E-state index < -0.39 is 0 Å². The predicted molar refractivity (Wildman–Crippen MR) is 108 cm³/mol. The Morgan fingerprint density at radius 2 is 1.96 bits per heavy atom. The first kappa shape index (κ1) is 18.8. The van der Waals surface area contributed by atoms with Gasteiger partial charge in [-0.3, -0.25) is 14.7 Å². The number of hydrogen-bond acceptors (Lipinski definition) is 6. The highest BCUT2D eigenvalue weighted by Crippen LogP contribution is 2.20. The molecule has 0 aliphatic carbocycles. The average molecular weight is 442 g/mol. The van der Waals surface area contributed by atoms with Crippen LogP contribution >= 0.6 is 15.9 Å². The van der Waals surface area contributed by atoms with Crippen molar-refractivity contribution in [2.75, 3.05) is 26.2 Å². The summed E-state index contributed by atoms with van der Waals surface area (Å²) >= 11 is 3.36. The Labute approximate surface area is 171 Å². The lowest BCUT2D eigenvalue weighted by Crippen LogP contribution is -2.48. The lowest BCUT2D eigenvalue weighted by molar-refractivity contribution is 0.0614. The Bertz CT molecular complexity index is 982. The Morgan fingerprint density at radius 1 is 1.18 bits per heavy atom. The summed E-state index contributed by atoms with van der Waals surface area (Å²) in [6.07, 6.45) is 3.27. The summed E-state index contributed by atoms with van der Waals surface area (Å²) < 4.78 is 6.24. The lowest BCUT2D eigenvalue weighted by atomic mass is 10.1. The minimum Gasteiger partial charge on any atom is -0.338 e. The molecule has 7 nitrogen and oxygen atoms in total. The highest BCUT2D eigenvalue weighted by atomic mass is 79.9. The SMILES string of the molecule is Cc1ccccc1-c1noc(CN2CCN(C(=O)c3cncc(Br)c3)CC2)n1. The van der Waals surface area contributed by atoms with Gasteiger partial charge in [-0.15, -0.1) is 0 Å². The van der Waals surface area contributed by atoms with Crippen LogP contribution in [0.3, 0.4) is 0 Å². The quantitative estimate of drug-likeness (QED) is 0.618. The third-order valence-corrected chi connectivity index (χ3v) is 5.26. The number of amides is 1. The molecule has 0 radical (unpaired) electrons. The van der Waals surface area contributed by atoms with Crippen molar-refractivity contribution in [3.63, 3.8) is 0 Å². The van der Waals surface area contributed by atoms with Crippen molar-refractivity contribution in [3.05, 3.63) is 64.2 Å². The molecule has 8 heteroatoms. The number of carbonyl (C=O) groups excluding carboxylic acids is 1. The van der Waals surface area contributed by atoms with Gasteiger partial charge in [0.1, 0.15) is 0 Å². The van der Waals surface area contributed by atoms with Crippen LogP contribution < -0.4 is 0 Å². The Kier molecular flexibility index (Phi) is 5.50. The van der Waals surface area contributed by atoms with Crippen molar-refractivity contribution in [1.82, 2.24) is 24.9 Å². The number of carbonyl (C=O) groups is 1. The van der Waals surface area contributed by atoms with Gasteiger partial charge in [-0.05, 0) is 34.5 Å². The first-order valence-electron chi connectivity index (χ1n) is 9.11. The van der Waals surface area contributed by atoms with Gasteiger partial charge in [0.15, 0.2) is 0 Å². The lowest BCUT2D eigenvalue weighted by Gasteiger charge is -2.33. The third kappa shape index (κ3) is 4.13. The molecular formula is C20H20BrN5O2. The molecule has 144 valence electrons. The largest absolute Gasteiger partial charge is 0.338 e. The van der Waals surface area contributed by atoms with Crippen LogP contribution in [0.2, 0.25) is 0 Å². The van der Waals surface area contributed by atoms with Gasteiger partial charge >= 0.3 is 0 Å². The standard InChI is InChI=1S/C20H20BrN5O2/c1-14-4-2-3-5-17(14)19-23-18(28-24-19)13-25-6-8-26(9-7-25)20(27)15-10-16(21)12-22-11-15/h2-5,10-12H,6-9,13H2,1H3. The van der Waals surface area contributed by atoms with Crippen molar-refractivity contribution in [2.45, 2.75) is 13.5 Å². The maximum atomic E-state index is 12.6. The summed E-state index contributed by atoms with van der Waals surface area (Å²) in [5.74, 6) is 1.21. The monoisotopic (exact) mass is 441 g/mol. The van der Waals surface area contributed by atoms with Gasteiger partial charge in [0.25, 0.3) is 5.91 Å². The summed E-state index contributed by atoms with van der Waals surface area (Å²) in [5.41, 5.74) is 2.70. The van der Waals surface area contributed by atoms with Crippen molar-refractivity contribution in [3.8, 4) is 11.4 Å². The van der Waals surface area contributed by atoms with Crippen molar-refractivity contribution in [2.24, 2.45) is 0 Å². The number of halogens is 1. The second kappa shape index (κ2) is 8.20. The van der Waals surface area contributed by atoms with Crippen LogP contribution in [0.1, 0.15) is 21.8 Å². The van der Waals surface area contributed by atoms with Crippen LogP contribution in [0.4, 0.5) is 0 Å². The molecule has 0 bridgehead atoms. The van der Waals surface area contributed by atoms with Crippen molar-refractivity contribution in [1.29, 1.82) is 0 Å². The number of aryl methyl sites for hydroxylation is 1. The topological polar surface area (TPSA) is 75.4 Å². The molecule has 3 aromatic rings. The Hall–Kier alpha value is -2.58. The average Bonchev–Trinajstić information content (AvgIpc) is 3.16. The molecular weight excluding hydrogens is 422 g/mol. The minimum atomic E-state index is 0.00748. The molecule has 1 aliphatic heterocycles. The zero-order chi connectivity index (χ0) is 19.5. The van der Waals surface area contributed by atoms with Crippen LogP contribution in [-0.4, -0.2) is 57.0 Å². The number of nitrogens with zero attached hydrogens (tertiary/aromatic N) is 5. The van der Waals surface area contributed by atoms with E-state index in [-0.39, 0.29) is 5.91 Å². The number of piperazine rings is 1. The highest BCUT2D eigenvalue weighted by Gasteiger charge is 2.24. The molecule has 0 atom stereocenters. The van der Waals surface area contributed by atoms with Crippen LogP contribution in [0.25, 0.3) is 11.4 Å². The molecule has 0 N–H and O–H groups in total. The summed E-state index contributed by atoms with van der Waals surface area (Å²) in [6.45, 7) is 5.44. The molecule has 2 aromatic heterocycles. The molecule has 1 aromatic carbocycles. The predicted octanol–water partition coefficient (Wildman–Crippen LogP) is 3.16. The van der Waals surface area contributed by atoms with E-state index in [1.807, 2.05) is 36.1 Å². The number of pyridine rings is 1. The maximum Gasteiger partial charge on any atom is 0.255 e. The molecule has 0 spiro atoms. The molecule has 28 heavy (non-hydrogen) atoms. The molecule has 3 heterocycles. The summed E-state index contributed by atoms with van der Waals surface area (Å²) in [6, 6.07) is 9.78. The molecule has 1 amide bonds. The fourth-order valence-electron chi connectivity index (χ4n) is 3.26. The van der Waals surface area contributed by atoms with E-state index in [0.717, 1.165) is 28.7 Å². The Balaban J connectivity index is 1.35. The third-order valence-electron chi connectivity index (χ3n) is 4.82. The molecule has 1 aliphatic rings. The number of hydrogen-bond donors (Lipinski definition) is 0. The number of rotatable bonds is 4. The Morgan fingerprint density at radius 3 is 2.71 bits per heavy atom. The van der Waals surface area contributed by atoms with E-state index in [4.69, 9.17) is 4.52 Å². The van der Waals surface area contributed by atoms with Crippen LogP contribution in [0, 0.1) is 6.92 Å². The summed E-state index contributed by atoms with van der Waals surface area (Å²) in [4.78, 5) is 25.3. The summed E-state index contributed by atoms with van der Waals surface area (Å²) in [5, 5.41) is 4.12. The first-order chi connectivity index (χ1) is 13.6. The van der Waals surface area contributed by atoms with Gasteiger partial charge in [0.05, 0.1) is 12.1 Å². The molecule has 4 rings (SSSR count). The zero-order valence-corrected chi connectivity index (χ0v) is 17.1. The highest BCUT2D eigenvalue weighted by molar-refractivity contribution is 9.10. The minimum absolute atomic E-state index is 0.00748. The summed E-state index contributed by atoms with van der Waals surface area (Å²) in [7, 11) is 0. The molecule has 0 unspecified atom stereocenters. The number of benzene rings is 1. The van der Waals surface area contributed by atoms with E-state index in [1.165, 1.54) is 0 Å². The fraction of sp³-hybridized carbons (Fsp3) is 0.300. The normalized spacial score (nSPS) is 15.0. The van der Waals surface area contributed by atoms with Crippen molar-refractivity contribution < 1.29 is 9.32 Å². The van der Waals surface area contributed by atoms with Crippen LogP contribution in [0.5, 0.6) is 0 Å². The first-order valence-corrected chi connectivity index (χ1v) is 9.90. The second-order valence-corrected chi connectivity index (χ2v) is 7.70. The van der Waals surface area contributed by atoms with E-state index in [1.54, 1.807) is 18.5 Å². The van der Waals surface area contributed by atoms with Gasteiger partial charge in [-0.1, -0.05) is 29.4 Å². The van der Waals surface area contributed by atoms with Crippen LogP contribution in [-0.2, 0) is 6.54 Å². The molecule has 1 fully saturated rings. The second-order valence-electron chi connectivity index (χ2n) is 6.79. The van der Waals surface area contributed by atoms with Gasteiger partial charge in [-0.25, -0.2) is 0 Å². The fourth-order valence-corrected chi connectivity index (χ4v) is 3.63. The van der Waals surface area contributed by atoms with E-state index in [0.29, 0.717) is 36.9 Å². The van der Waals surface area contributed by atoms with E-state index in [2.05, 4.69) is 36.0 Å². The van der Waals surface area contributed by atoms with Gasteiger partial charge in [-0.2, -0.15) is 4.98 Å². The van der Waals surface area contributed by atoms with E-state index in [9.17, 15) is 4.79 Å². The smallest absolute Gasteiger partial charge is 0.255 e. The van der Waals surface area contributed by atoms with E-state index >= 15 is 0 Å². The molecule has 1 saturated heterocycles. The number of aromatic nitrogens is 3. The maximum absolute atomic E-state index is 12.6. The molecule has 0 saturated carbocycles. The van der Waals surface area contributed by atoms with Crippen molar-refractivity contribution >= 4 is 21.8 Å². The van der Waals surface area contributed by atoms with Gasteiger partial charge < -0.3 is 9.42 Å². The van der Waals surface area contributed by atoms with Gasteiger partial charge in [0, 0.05) is 48.6 Å². The van der Waals surface area contributed by atoms with Gasteiger partial charge in [0.2, 0.25) is 11.7 Å².